The van der Waals surface area contributed by atoms with Crippen LogP contribution in [0.5, 0.6) is 0 Å². The lowest BCUT2D eigenvalue weighted by atomic mass is 10.2. The molecule has 0 rings (SSSR count). The molecule has 0 aromatic rings. The molecule has 6 nitrogen and oxygen atoms in total. The highest BCUT2D eigenvalue weighted by molar-refractivity contribution is 5.70. The highest BCUT2D eigenvalue weighted by Gasteiger charge is 2.15. The summed E-state index contributed by atoms with van der Waals surface area (Å²) in [4.78, 5) is 23.1. The molecule has 0 saturated carbocycles. The van der Waals surface area contributed by atoms with E-state index < -0.39 is 6.29 Å². The highest BCUT2D eigenvalue weighted by atomic mass is 16.7. The van der Waals surface area contributed by atoms with Gasteiger partial charge in [0.25, 0.3) is 0 Å². The number of carbonyl (C=O) groups excluding carboxylic acids is 2. The first-order valence-electron chi connectivity index (χ1n) is 9.18. The van der Waals surface area contributed by atoms with Crippen LogP contribution in [0.4, 0.5) is 0 Å². The SMILES string of the molecule is CCCCOCC(OCCCC)OC(=O)CCCCC(=O)OCC. The first-order chi connectivity index (χ1) is 11.6. The van der Waals surface area contributed by atoms with Crippen LogP contribution in [-0.2, 0) is 28.5 Å². The molecule has 0 amide bonds. The largest absolute Gasteiger partial charge is 0.466 e. The van der Waals surface area contributed by atoms with E-state index in [2.05, 4.69) is 13.8 Å². The van der Waals surface area contributed by atoms with Crippen molar-refractivity contribution in [1.82, 2.24) is 0 Å². The number of unbranched alkanes of at least 4 members (excludes halogenated alkanes) is 3. The molecule has 0 heterocycles. The van der Waals surface area contributed by atoms with Crippen molar-refractivity contribution >= 4 is 11.9 Å². The van der Waals surface area contributed by atoms with Gasteiger partial charge in [0.15, 0.2) is 0 Å². The lowest BCUT2D eigenvalue weighted by Crippen LogP contribution is -2.27. The Morgan fingerprint density at radius 2 is 1.46 bits per heavy atom. The fourth-order valence-electron chi connectivity index (χ4n) is 1.88. The van der Waals surface area contributed by atoms with Crippen molar-refractivity contribution in [2.75, 3.05) is 26.4 Å². The number of ether oxygens (including phenoxy) is 4. The second kappa shape index (κ2) is 16.7. The van der Waals surface area contributed by atoms with E-state index in [1.54, 1.807) is 6.92 Å². The van der Waals surface area contributed by atoms with Gasteiger partial charge in [0, 0.05) is 19.4 Å². The van der Waals surface area contributed by atoms with E-state index in [1.807, 2.05) is 0 Å². The van der Waals surface area contributed by atoms with Crippen LogP contribution in [0.25, 0.3) is 0 Å². The van der Waals surface area contributed by atoms with Crippen molar-refractivity contribution in [2.24, 2.45) is 0 Å². The average molecular weight is 346 g/mol. The van der Waals surface area contributed by atoms with Crippen LogP contribution in [0.2, 0.25) is 0 Å². The van der Waals surface area contributed by atoms with Crippen molar-refractivity contribution in [3.05, 3.63) is 0 Å². The summed E-state index contributed by atoms with van der Waals surface area (Å²) in [5, 5.41) is 0. The quantitative estimate of drug-likeness (QED) is 0.241. The minimum Gasteiger partial charge on any atom is -0.466 e. The van der Waals surface area contributed by atoms with Gasteiger partial charge in [-0.25, -0.2) is 0 Å². The zero-order valence-electron chi connectivity index (χ0n) is 15.5. The molecule has 0 saturated heterocycles. The maximum Gasteiger partial charge on any atom is 0.308 e. The second-order valence-electron chi connectivity index (χ2n) is 5.58. The summed E-state index contributed by atoms with van der Waals surface area (Å²) in [5.41, 5.74) is 0. The smallest absolute Gasteiger partial charge is 0.308 e. The van der Waals surface area contributed by atoms with Crippen LogP contribution in [0.1, 0.15) is 72.1 Å². The molecule has 0 fully saturated rings. The van der Waals surface area contributed by atoms with Gasteiger partial charge >= 0.3 is 11.9 Å². The molecule has 6 heteroatoms. The van der Waals surface area contributed by atoms with Crippen molar-refractivity contribution in [2.45, 2.75) is 78.4 Å². The zero-order chi connectivity index (χ0) is 18.0. The van der Waals surface area contributed by atoms with Gasteiger partial charge in [0.05, 0.1) is 13.2 Å². The van der Waals surface area contributed by atoms with Gasteiger partial charge in [-0.05, 0) is 32.6 Å². The minimum absolute atomic E-state index is 0.226. The third kappa shape index (κ3) is 14.5. The zero-order valence-corrected chi connectivity index (χ0v) is 15.5. The molecule has 0 aliphatic heterocycles. The molecule has 24 heavy (non-hydrogen) atoms. The molecule has 1 unspecified atom stereocenters. The number of esters is 2. The third-order valence-corrected chi connectivity index (χ3v) is 3.28. The van der Waals surface area contributed by atoms with Crippen molar-refractivity contribution in [3.8, 4) is 0 Å². The predicted octanol–water partition coefficient (Wildman–Crippen LogP) is 3.61. The summed E-state index contributed by atoms with van der Waals surface area (Å²) in [7, 11) is 0. The Kier molecular flexibility index (Phi) is 15.9. The number of carbonyl (C=O) groups is 2. The highest BCUT2D eigenvalue weighted by Crippen LogP contribution is 2.07. The Balaban J connectivity index is 3.96. The molecule has 0 aromatic heterocycles. The Morgan fingerprint density at radius 3 is 2.08 bits per heavy atom. The summed E-state index contributed by atoms with van der Waals surface area (Å²) in [5.74, 6) is -0.546. The topological polar surface area (TPSA) is 71.1 Å². The summed E-state index contributed by atoms with van der Waals surface area (Å²) in [6, 6.07) is 0. The van der Waals surface area contributed by atoms with Gasteiger partial charge < -0.3 is 18.9 Å². The van der Waals surface area contributed by atoms with Crippen molar-refractivity contribution < 1.29 is 28.5 Å². The average Bonchev–Trinajstić information content (AvgIpc) is 2.56. The molecule has 0 spiro atoms. The Hall–Kier alpha value is -1.14. The minimum atomic E-state index is -0.647. The van der Waals surface area contributed by atoms with E-state index in [1.165, 1.54) is 0 Å². The lowest BCUT2D eigenvalue weighted by molar-refractivity contribution is -0.191. The number of hydrogen-bond donors (Lipinski definition) is 0. The van der Waals surface area contributed by atoms with E-state index in [9.17, 15) is 9.59 Å². The molecule has 0 aliphatic carbocycles. The van der Waals surface area contributed by atoms with Crippen LogP contribution in [0, 0.1) is 0 Å². The molecule has 0 radical (unpaired) electrons. The fourth-order valence-corrected chi connectivity index (χ4v) is 1.88. The third-order valence-electron chi connectivity index (χ3n) is 3.28. The van der Waals surface area contributed by atoms with Crippen LogP contribution in [0.3, 0.4) is 0 Å². The van der Waals surface area contributed by atoms with Gasteiger partial charge in [-0.1, -0.05) is 26.7 Å². The molecule has 0 bridgehead atoms. The maximum atomic E-state index is 11.9. The van der Waals surface area contributed by atoms with E-state index in [4.69, 9.17) is 18.9 Å². The summed E-state index contributed by atoms with van der Waals surface area (Å²) >= 11 is 0. The van der Waals surface area contributed by atoms with Crippen LogP contribution < -0.4 is 0 Å². The Morgan fingerprint density at radius 1 is 0.833 bits per heavy atom. The van der Waals surface area contributed by atoms with E-state index >= 15 is 0 Å². The first-order valence-corrected chi connectivity index (χ1v) is 9.18. The van der Waals surface area contributed by atoms with Gasteiger partial charge in [-0.15, -0.1) is 0 Å². The number of hydrogen-bond acceptors (Lipinski definition) is 6. The van der Waals surface area contributed by atoms with Gasteiger partial charge in [0.2, 0.25) is 6.29 Å². The molecular weight excluding hydrogens is 312 g/mol. The monoisotopic (exact) mass is 346 g/mol. The van der Waals surface area contributed by atoms with E-state index in [0.717, 1.165) is 25.7 Å². The Bertz CT molecular complexity index is 319. The Labute approximate surface area is 146 Å². The molecule has 0 aliphatic rings. The maximum absolute atomic E-state index is 11.9. The summed E-state index contributed by atoms with van der Waals surface area (Å²) in [6.07, 6.45) is 5.13. The molecule has 0 N–H and O–H groups in total. The van der Waals surface area contributed by atoms with Crippen LogP contribution in [0.15, 0.2) is 0 Å². The van der Waals surface area contributed by atoms with Crippen molar-refractivity contribution in [1.29, 1.82) is 0 Å². The molecular formula is C18H34O6. The predicted molar refractivity (Wildman–Crippen MR) is 91.6 cm³/mol. The van der Waals surface area contributed by atoms with Crippen LogP contribution >= 0.6 is 0 Å². The second-order valence-corrected chi connectivity index (χ2v) is 5.58. The molecule has 0 aromatic carbocycles. The number of rotatable bonds is 16. The molecule has 142 valence electrons. The first kappa shape index (κ1) is 22.9. The van der Waals surface area contributed by atoms with Gasteiger partial charge in [0.1, 0.15) is 6.61 Å². The lowest BCUT2D eigenvalue weighted by Gasteiger charge is -2.18. The van der Waals surface area contributed by atoms with Crippen molar-refractivity contribution in [3.63, 3.8) is 0 Å². The fraction of sp³-hybridized carbons (Fsp3) is 0.889. The summed E-state index contributed by atoms with van der Waals surface area (Å²) in [6.45, 7) is 7.78. The van der Waals surface area contributed by atoms with Gasteiger partial charge in [-0.2, -0.15) is 0 Å². The van der Waals surface area contributed by atoms with E-state index in [0.29, 0.717) is 39.1 Å². The summed E-state index contributed by atoms with van der Waals surface area (Å²) < 4.78 is 21.2. The van der Waals surface area contributed by atoms with Gasteiger partial charge in [-0.3, -0.25) is 9.59 Å². The molecule has 1 atom stereocenters. The normalized spacial score (nSPS) is 12.0. The van der Waals surface area contributed by atoms with Crippen LogP contribution in [-0.4, -0.2) is 44.7 Å². The van der Waals surface area contributed by atoms with E-state index in [-0.39, 0.29) is 25.0 Å². The standard InChI is InChI=1S/C18H34O6/c1-4-7-13-21-15-18(23-14-8-5-2)24-17(20)12-10-9-11-16(19)22-6-3/h18H,4-15H2,1-3H3.